The molecule has 0 aliphatic carbocycles. The lowest BCUT2D eigenvalue weighted by molar-refractivity contribution is -0.137. The Morgan fingerprint density at radius 1 is 1.53 bits per heavy atom. The van der Waals surface area contributed by atoms with Gasteiger partial charge in [0.1, 0.15) is 5.82 Å². The highest BCUT2D eigenvalue weighted by Gasteiger charge is 2.14. The lowest BCUT2D eigenvalue weighted by Gasteiger charge is -2.19. The summed E-state index contributed by atoms with van der Waals surface area (Å²) >= 11 is 0. The van der Waals surface area contributed by atoms with E-state index < -0.39 is 5.97 Å². The van der Waals surface area contributed by atoms with Crippen molar-refractivity contribution in [2.24, 2.45) is 0 Å². The Labute approximate surface area is 111 Å². The predicted octanol–water partition coefficient (Wildman–Crippen LogP) is 0.508. The molecule has 0 aliphatic rings. The van der Waals surface area contributed by atoms with Crippen molar-refractivity contribution in [3.8, 4) is 0 Å². The van der Waals surface area contributed by atoms with Crippen LogP contribution in [0.2, 0.25) is 0 Å². The van der Waals surface area contributed by atoms with Crippen LogP contribution in [0.25, 0.3) is 0 Å². The third-order valence-electron chi connectivity index (χ3n) is 2.53. The van der Waals surface area contributed by atoms with Crippen LogP contribution in [0.5, 0.6) is 0 Å². The summed E-state index contributed by atoms with van der Waals surface area (Å²) in [5.74, 6) is 0.359. The first-order valence-corrected chi connectivity index (χ1v) is 5.99. The summed E-state index contributed by atoms with van der Waals surface area (Å²) in [7, 11) is 1.63. The van der Waals surface area contributed by atoms with Crippen LogP contribution in [0.1, 0.15) is 31.4 Å². The number of aryl methyl sites for hydroxylation is 1. The summed E-state index contributed by atoms with van der Waals surface area (Å²) in [6.45, 7) is 3.85. The minimum absolute atomic E-state index is 0.0330. The van der Waals surface area contributed by atoms with Crippen LogP contribution >= 0.6 is 0 Å². The molecule has 0 aromatic carbocycles. The number of carbonyl (C=O) groups is 2. The zero-order valence-corrected chi connectivity index (χ0v) is 11.3. The van der Waals surface area contributed by atoms with Crippen LogP contribution in [0, 0.1) is 6.92 Å². The number of aromatic amines is 1. The number of urea groups is 1. The van der Waals surface area contributed by atoms with Crippen molar-refractivity contribution in [2.75, 3.05) is 7.05 Å². The molecule has 8 nitrogen and oxygen atoms in total. The first-order valence-electron chi connectivity index (χ1n) is 5.99. The average molecular weight is 269 g/mol. The molecule has 1 heterocycles. The Morgan fingerprint density at radius 3 is 2.74 bits per heavy atom. The van der Waals surface area contributed by atoms with Gasteiger partial charge < -0.3 is 15.3 Å². The second-order valence-corrected chi connectivity index (χ2v) is 4.48. The van der Waals surface area contributed by atoms with E-state index in [0.717, 1.165) is 0 Å². The minimum Gasteiger partial charge on any atom is -0.481 e. The summed E-state index contributed by atoms with van der Waals surface area (Å²) in [6, 6.07) is -0.472. The van der Waals surface area contributed by atoms with Crippen molar-refractivity contribution in [1.29, 1.82) is 0 Å². The molecule has 0 radical (unpaired) electrons. The molecule has 0 spiro atoms. The molecule has 1 unspecified atom stereocenters. The molecular formula is C11H19N5O3. The Bertz CT molecular complexity index is 445. The number of carbonyl (C=O) groups excluding carboxylic acids is 1. The van der Waals surface area contributed by atoms with Gasteiger partial charge in [-0.25, -0.2) is 9.78 Å². The van der Waals surface area contributed by atoms with Crippen molar-refractivity contribution in [1.82, 2.24) is 25.4 Å². The normalized spacial score (nSPS) is 11.9. The molecule has 1 rings (SSSR count). The molecule has 2 amide bonds. The second kappa shape index (κ2) is 6.72. The summed E-state index contributed by atoms with van der Waals surface area (Å²) in [6.07, 6.45) is 0.431. The first-order chi connectivity index (χ1) is 8.88. The van der Waals surface area contributed by atoms with Gasteiger partial charge in [-0.1, -0.05) is 0 Å². The zero-order chi connectivity index (χ0) is 14.4. The lowest BCUT2D eigenvalue weighted by Crippen LogP contribution is -2.41. The van der Waals surface area contributed by atoms with E-state index in [2.05, 4.69) is 20.5 Å². The molecule has 1 aromatic heterocycles. The standard InChI is InChI=1S/C11H19N5O3/c1-7(4-5-10(17)18)12-11(19)16(3)6-9-13-8(2)14-15-9/h7H,4-6H2,1-3H3,(H,12,19)(H,17,18)(H,13,14,15). The van der Waals surface area contributed by atoms with Crippen molar-refractivity contribution >= 4 is 12.0 Å². The van der Waals surface area contributed by atoms with E-state index in [4.69, 9.17) is 5.11 Å². The zero-order valence-electron chi connectivity index (χ0n) is 11.3. The molecule has 0 aliphatic heterocycles. The average Bonchev–Trinajstić information content (AvgIpc) is 2.72. The molecule has 0 fully saturated rings. The molecule has 1 atom stereocenters. The van der Waals surface area contributed by atoms with E-state index >= 15 is 0 Å². The van der Waals surface area contributed by atoms with Gasteiger partial charge in [0.2, 0.25) is 0 Å². The molecule has 0 bridgehead atoms. The SMILES string of the molecule is Cc1nc(CN(C)C(=O)NC(C)CCC(=O)O)n[nH]1. The van der Waals surface area contributed by atoms with Gasteiger partial charge in [-0.3, -0.25) is 9.89 Å². The molecular weight excluding hydrogens is 250 g/mol. The number of hydrogen-bond donors (Lipinski definition) is 3. The lowest BCUT2D eigenvalue weighted by atomic mass is 10.2. The molecule has 19 heavy (non-hydrogen) atoms. The molecule has 0 saturated heterocycles. The van der Waals surface area contributed by atoms with Gasteiger partial charge in [0.15, 0.2) is 5.82 Å². The largest absolute Gasteiger partial charge is 0.481 e. The Morgan fingerprint density at radius 2 is 2.21 bits per heavy atom. The van der Waals surface area contributed by atoms with Gasteiger partial charge in [0.05, 0.1) is 6.54 Å². The maximum Gasteiger partial charge on any atom is 0.317 e. The summed E-state index contributed by atoms with van der Waals surface area (Å²) in [4.78, 5) is 27.8. The highest BCUT2D eigenvalue weighted by Crippen LogP contribution is 2.00. The predicted molar refractivity (Wildman–Crippen MR) is 67.5 cm³/mol. The van der Waals surface area contributed by atoms with Gasteiger partial charge >= 0.3 is 12.0 Å². The fourth-order valence-electron chi connectivity index (χ4n) is 1.48. The number of carboxylic acids is 1. The van der Waals surface area contributed by atoms with E-state index in [0.29, 0.717) is 24.6 Å². The summed E-state index contributed by atoms with van der Waals surface area (Å²) in [5.41, 5.74) is 0. The Kier molecular flexibility index (Phi) is 5.28. The molecule has 8 heteroatoms. The highest BCUT2D eigenvalue weighted by molar-refractivity contribution is 5.74. The van der Waals surface area contributed by atoms with Crippen LogP contribution in [0.3, 0.4) is 0 Å². The van der Waals surface area contributed by atoms with Crippen LogP contribution in [0.15, 0.2) is 0 Å². The van der Waals surface area contributed by atoms with Gasteiger partial charge in [-0.15, -0.1) is 0 Å². The number of carboxylic acid groups (broad SMARTS) is 1. The first kappa shape index (κ1) is 14.9. The Balaban J connectivity index is 2.37. The summed E-state index contributed by atoms with van der Waals surface area (Å²) in [5, 5.41) is 17.9. The van der Waals surface area contributed by atoms with E-state index in [-0.39, 0.29) is 18.5 Å². The number of aliphatic carboxylic acids is 1. The topological polar surface area (TPSA) is 111 Å². The Hall–Kier alpha value is -2.12. The third kappa shape index (κ3) is 5.36. The minimum atomic E-state index is -0.870. The number of amides is 2. The molecule has 3 N–H and O–H groups in total. The molecule has 0 saturated carbocycles. The fourth-order valence-corrected chi connectivity index (χ4v) is 1.48. The van der Waals surface area contributed by atoms with Crippen LogP contribution < -0.4 is 5.32 Å². The van der Waals surface area contributed by atoms with Crippen LogP contribution in [0.4, 0.5) is 4.79 Å². The third-order valence-corrected chi connectivity index (χ3v) is 2.53. The van der Waals surface area contributed by atoms with Gasteiger partial charge in [0.25, 0.3) is 0 Å². The fraction of sp³-hybridized carbons (Fsp3) is 0.636. The van der Waals surface area contributed by atoms with Gasteiger partial charge in [0, 0.05) is 19.5 Å². The van der Waals surface area contributed by atoms with Gasteiger partial charge in [-0.2, -0.15) is 5.10 Å². The number of rotatable bonds is 6. The van der Waals surface area contributed by atoms with Crippen LogP contribution in [-0.2, 0) is 11.3 Å². The number of nitrogens with zero attached hydrogens (tertiary/aromatic N) is 3. The van der Waals surface area contributed by atoms with E-state index in [1.54, 1.807) is 20.9 Å². The number of nitrogens with one attached hydrogen (secondary N) is 2. The van der Waals surface area contributed by atoms with Crippen LogP contribution in [-0.4, -0.2) is 50.3 Å². The maximum absolute atomic E-state index is 11.8. The number of H-pyrrole nitrogens is 1. The van der Waals surface area contributed by atoms with E-state index in [1.807, 2.05) is 0 Å². The second-order valence-electron chi connectivity index (χ2n) is 4.48. The quantitative estimate of drug-likeness (QED) is 0.696. The number of hydrogen-bond acceptors (Lipinski definition) is 4. The monoisotopic (exact) mass is 269 g/mol. The van der Waals surface area contributed by atoms with Crippen molar-refractivity contribution in [2.45, 2.75) is 39.3 Å². The smallest absolute Gasteiger partial charge is 0.317 e. The highest BCUT2D eigenvalue weighted by atomic mass is 16.4. The number of aromatic nitrogens is 3. The summed E-state index contributed by atoms with van der Waals surface area (Å²) < 4.78 is 0. The van der Waals surface area contributed by atoms with Gasteiger partial charge in [-0.05, 0) is 20.3 Å². The van der Waals surface area contributed by atoms with Crippen molar-refractivity contribution < 1.29 is 14.7 Å². The van der Waals surface area contributed by atoms with E-state index in [9.17, 15) is 9.59 Å². The van der Waals surface area contributed by atoms with Crippen molar-refractivity contribution in [3.05, 3.63) is 11.6 Å². The molecule has 106 valence electrons. The maximum atomic E-state index is 11.8. The molecule has 1 aromatic rings. The van der Waals surface area contributed by atoms with Crippen molar-refractivity contribution in [3.63, 3.8) is 0 Å². The van der Waals surface area contributed by atoms with E-state index in [1.165, 1.54) is 4.90 Å².